The minimum atomic E-state index is 0.883. The Hall–Kier alpha value is -1.22. The lowest BCUT2D eigenvalue weighted by molar-refractivity contribution is 0.400. The number of hydrogen-bond donors (Lipinski definition) is 1. The van der Waals surface area contributed by atoms with E-state index in [1.165, 1.54) is 12.1 Å². The summed E-state index contributed by atoms with van der Waals surface area (Å²) in [5.74, 6) is 0. The molecule has 1 aromatic rings. The van der Waals surface area contributed by atoms with Gasteiger partial charge in [0.2, 0.25) is 0 Å². The molecule has 0 saturated carbocycles. The Morgan fingerprint density at radius 1 is 1.18 bits per heavy atom. The lowest BCUT2D eigenvalue weighted by atomic mass is 10.1. The van der Waals surface area contributed by atoms with Crippen LogP contribution in [-0.4, -0.2) is 38.6 Å². The van der Waals surface area contributed by atoms with Crippen molar-refractivity contribution in [1.29, 1.82) is 0 Å². The van der Waals surface area contributed by atoms with Gasteiger partial charge in [-0.2, -0.15) is 0 Å². The van der Waals surface area contributed by atoms with Crippen molar-refractivity contribution in [3.63, 3.8) is 0 Å². The first-order chi connectivity index (χ1) is 8.04. The Bertz CT molecular complexity index is 347. The Morgan fingerprint density at radius 2 is 1.88 bits per heavy atom. The van der Waals surface area contributed by atoms with Crippen molar-refractivity contribution in [2.75, 3.05) is 44.4 Å². The van der Waals surface area contributed by atoms with E-state index in [0.29, 0.717) is 0 Å². The number of nitrogens with zero attached hydrogens (tertiary/aromatic N) is 2. The van der Waals surface area contributed by atoms with Crippen LogP contribution in [0.1, 0.15) is 18.9 Å². The molecule has 0 aliphatic rings. The number of hydrogen-bond acceptors (Lipinski definition) is 3. The molecule has 0 radical (unpaired) electrons. The fourth-order valence-corrected chi connectivity index (χ4v) is 1.87. The van der Waals surface area contributed by atoms with Crippen molar-refractivity contribution in [2.24, 2.45) is 0 Å². The highest BCUT2D eigenvalue weighted by molar-refractivity contribution is 5.59. The zero-order chi connectivity index (χ0) is 12.8. The van der Waals surface area contributed by atoms with E-state index < -0.39 is 0 Å². The van der Waals surface area contributed by atoms with E-state index in [2.05, 4.69) is 49.0 Å². The summed E-state index contributed by atoms with van der Waals surface area (Å²) >= 11 is 0. The lowest BCUT2D eigenvalue weighted by Gasteiger charge is -2.24. The molecule has 2 N–H and O–H groups in total. The molecule has 0 aliphatic carbocycles. The molecule has 0 spiro atoms. The number of aryl methyl sites for hydroxylation is 1. The molecule has 0 amide bonds. The second-order valence-corrected chi connectivity index (χ2v) is 4.78. The second kappa shape index (κ2) is 6.50. The SMILES string of the molecule is CCN(CCCN(C)C)c1ccc(C)c(N)c1. The first-order valence-corrected chi connectivity index (χ1v) is 6.30. The third-order valence-electron chi connectivity index (χ3n) is 3.04. The molecule has 0 aliphatic heterocycles. The van der Waals surface area contributed by atoms with Crippen LogP contribution in [0, 0.1) is 6.92 Å². The van der Waals surface area contributed by atoms with Crippen LogP contribution in [-0.2, 0) is 0 Å². The van der Waals surface area contributed by atoms with E-state index >= 15 is 0 Å². The third-order valence-corrected chi connectivity index (χ3v) is 3.04. The van der Waals surface area contributed by atoms with Gasteiger partial charge in [0.15, 0.2) is 0 Å². The van der Waals surface area contributed by atoms with Gasteiger partial charge >= 0.3 is 0 Å². The Kier molecular flexibility index (Phi) is 5.29. The van der Waals surface area contributed by atoms with Gasteiger partial charge in [-0.15, -0.1) is 0 Å². The molecule has 1 rings (SSSR count). The molecule has 0 heterocycles. The summed E-state index contributed by atoms with van der Waals surface area (Å²) in [6.45, 7) is 7.46. The average Bonchev–Trinajstić information content (AvgIpc) is 2.28. The molecule has 0 atom stereocenters. The fourth-order valence-electron chi connectivity index (χ4n) is 1.87. The molecule has 0 aromatic heterocycles. The van der Waals surface area contributed by atoms with Gasteiger partial charge < -0.3 is 15.5 Å². The smallest absolute Gasteiger partial charge is 0.0386 e. The zero-order valence-electron chi connectivity index (χ0n) is 11.5. The van der Waals surface area contributed by atoms with Gasteiger partial charge in [-0.1, -0.05) is 6.07 Å². The molecule has 17 heavy (non-hydrogen) atoms. The van der Waals surface area contributed by atoms with E-state index in [1.54, 1.807) is 0 Å². The number of benzene rings is 1. The molecule has 0 bridgehead atoms. The van der Waals surface area contributed by atoms with Gasteiger partial charge in [0.25, 0.3) is 0 Å². The van der Waals surface area contributed by atoms with E-state index in [1.807, 2.05) is 6.92 Å². The Balaban J connectivity index is 2.62. The van der Waals surface area contributed by atoms with Crippen molar-refractivity contribution >= 4 is 11.4 Å². The first kappa shape index (κ1) is 13.8. The molecule has 0 saturated heterocycles. The molecule has 0 fully saturated rings. The number of nitrogens with two attached hydrogens (primary N) is 1. The van der Waals surface area contributed by atoms with Crippen LogP contribution >= 0.6 is 0 Å². The summed E-state index contributed by atoms with van der Waals surface area (Å²) in [4.78, 5) is 4.59. The maximum atomic E-state index is 5.96. The molecular weight excluding hydrogens is 210 g/mol. The predicted molar refractivity (Wildman–Crippen MR) is 76.6 cm³/mol. The fraction of sp³-hybridized carbons (Fsp3) is 0.571. The number of rotatable bonds is 6. The van der Waals surface area contributed by atoms with Crippen molar-refractivity contribution in [2.45, 2.75) is 20.3 Å². The van der Waals surface area contributed by atoms with E-state index in [-0.39, 0.29) is 0 Å². The van der Waals surface area contributed by atoms with Crippen LogP contribution < -0.4 is 10.6 Å². The van der Waals surface area contributed by atoms with Crippen molar-refractivity contribution in [3.05, 3.63) is 23.8 Å². The Morgan fingerprint density at radius 3 is 2.41 bits per heavy atom. The van der Waals surface area contributed by atoms with Crippen LogP contribution in [0.25, 0.3) is 0 Å². The van der Waals surface area contributed by atoms with Crippen molar-refractivity contribution in [3.8, 4) is 0 Å². The second-order valence-electron chi connectivity index (χ2n) is 4.78. The van der Waals surface area contributed by atoms with Gasteiger partial charge in [-0.05, 0) is 58.6 Å². The third kappa shape index (κ3) is 4.27. The van der Waals surface area contributed by atoms with Crippen molar-refractivity contribution in [1.82, 2.24) is 4.90 Å². The molecular formula is C14H25N3. The topological polar surface area (TPSA) is 32.5 Å². The summed E-state index contributed by atoms with van der Waals surface area (Å²) in [5.41, 5.74) is 9.22. The Labute approximate surface area is 105 Å². The quantitative estimate of drug-likeness (QED) is 0.768. The summed E-state index contributed by atoms with van der Waals surface area (Å²) in [7, 11) is 4.22. The first-order valence-electron chi connectivity index (χ1n) is 6.30. The van der Waals surface area contributed by atoms with Gasteiger partial charge in [0, 0.05) is 24.5 Å². The van der Waals surface area contributed by atoms with Crippen LogP contribution in [0.2, 0.25) is 0 Å². The van der Waals surface area contributed by atoms with Crippen LogP contribution in [0.4, 0.5) is 11.4 Å². The minimum Gasteiger partial charge on any atom is -0.398 e. The molecule has 0 unspecified atom stereocenters. The minimum absolute atomic E-state index is 0.883. The molecule has 96 valence electrons. The van der Waals surface area contributed by atoms with Crippen LogP contribution in [0.3, 0.4) is 0 Å². The highest BCUT2D eigenvalue weighted by Gasteiger charge is 2.05. The van der Waals surface area contributed by atoms with Crippen molar-refractivity contribution < 1.29 is 0 Å². The molecule has 3 nitrogen and oxygen atoms in total. The van der Waals surface area contributed by atoms with Gasteiger partial charge in [-0.3, -0.25) is 0 Å². The van der Waals surface area contributed by atoms with E-state index in [4.69, 9.17) is 5.73 Å². The average molecular weight is 235 g/mol. The zero-order valence-corrected chi connectivity index (χ0v) is 11.5. The largest absolute Gasteiger partial charge is 0.398 e. The number of nitrogen functional groups attached to an aromatic ring is 1. The summed E-state index contributed by atoms with van der Waals surface area (Å²) in [6, 6.07) is 6.33. The van der Waals surface area contributed by atoms with E-state index in [0.717, 1.165) is 30.9 Å². The van der Waals surface area contributed by atoms with Gasteiger partial charge in [-0.25, -0.2) is 0 Å². The summed E-state index contributed by atoms with van der Waals surface area (Å²) in [5, 5.41) is 0. The lowest BCUT2D eigenvalue weighted by Crippen LogP contribution is -2.27. The maximum Gasteiger partial charge on any atom is 0.0386 e. The molecule has 1 aromatic carbocycles. The predicted octanol–water partition coefficient (Wildman–Crippen LogP) is 2.36. The number of anilines is 2. The van der Waals surface area contributed by atoms with E-state index in [9.17, 15) is 0 Å². The highest BCUT2D eigenvalue weighted by Crippen LogP contribution is 2.20. The van der Waals surface area contributed by atoms with Gasteiger partial charge in [0.1, 0.15) is 0 Å². The maximum absolute atomic E-state index is 5.96. The summed E-state index contributed by atoms with van der Waals surface area (Å²) in [6.07, 6.45) is 1.18. The summed E-state index contributed by atoms with van der Waals surface area (Å²) < 4.78 is 0. The van der Waals surface area contributed by atoms with Crippen LogP contribution in [0.5, 0.6) is 0 Å². The normalized spacial score (nSPS) is 10.9. The van der Waals surface area contributed by atoms with Gasteiger partial charge in [0.05, 0.1) is 0 Å². The van der Waals surface area contributed by atoms with Crippen LogP contribution in [0.15, 0.2) is 18.2 Å². The molecule has 3 heteroatoms. The highest BCUT2D eigenvalue weighted by atomic mass is 15.1. The monoisotopic (exact) mass is 235 g/mol. The standard InChI is InChI=1S/C14H25N3/c1-5-17(10-6-9-16(3)4)13-8-7-12(2)14(15)11-13/h7-8,11H,5-6,9-10,15H2,1-4H3.